The van der Waals surface area contributed by atoms with Crippen LogP contribution in [0.1, 0.15) is 19.3 Å². The lowest BCUT2D eigenvalue weighted by Gasteiger charge is -2.03. The topological polar surface area (TPSA) is 40.1 Å². The van der Waals surface area contributed by atoms with Gasteiger partial charge in [0, 0.05) is 12.2 Å². The summed E-state index contributed by atoms with van der Waals surface area (Å²) < 4.78 is 42.5. The smallest absolute Gasteiger partial charge is 0.238 e. The van der Waals surface area contributed by atoms with E-state index in [9.17, 15) is 17.5 Å². The molecule has 0 bridgehead atoms. The molecule has 62 valence electrons. The van der Waals surface area contributed by atoms with Crippen molar-refractivity contribution in [2.24, 2.45) is 0 Å². The first-order valence-electron chi connectivity index (χ1n) is 2.97. The summed E-state index contributed by atoms with van der Waals surface area (Å²) in [5.74, 6) is -0.00722. The molecule has 0 radical (unpaired) electrons. The molecule has 0 aromatic rings. The largest absolute Gasteiger partial charge is 0.772 e. The Balaban J connectivity index is 2.98. The molecule has 0 aromatic heterocycles. The van der Waals surface area contributed by atoms with Crippen LogP contribution < -0.4 is 0 Å². The molecule has 0 heterocycles. The highest BCUT2D eigenvalue weighted by Gasteiger charge is 2.00. The Morgan fingerprint density at radius 1 is 1.40 bits per heavy atom. The monoisotopic (exact) mass is 171 g/mol. The van der Waals surface area contributed by atoms with Gasteiger partial charge in [-0.3, -0.25) is 4.21 Å². The zero-order valence-electron chi connectivity index (χ0n) is 5.39. The van der Waals surface area contributed by atoms with Crippen LogP contribution in [0.4, 0.5) is 8.78 Å². The van der Waals surface area contributed by atoms with Gasteiger partial charge in [0.15, 0.2) is 0 Å². The second-order valence-corrected chi connectivity index (χ2v) is 2.91. The third-order valence-electron chi connectivity index (χ3n) is 0.983. The first-order valence-corrected chi connectivity index (χ1v) is 4.21. The van der Waals surface area contributed by atoms with Gasteiger partial charge in [0.2, 0.25) is 6.43 Å². The summed E-state index contributed by atoms with van der Waals surface area (Å²) in [6, 6.07) is 0. The minimum absolute atomic E-state index is 0.00722. The van der Waals surface area contributed by atoms with Crippen molar-refractivity contribution >= 4 is 11.1 Å². The van der Waals surface area contributed by atoms with Crippen molar-refractivity contribution in [3.05, 3.63) is 0 Å². The van der Waals surface area contributed by atoms with E-state index in [4.69, 9.17) is 0 Å². The van der Waals surface area contributed by atoms with E-state index >= 15 is 0 Å². The molecule has 0 saturated carbocycles. The van der Waals surface area contributed by atoms with Gasteiger partial charge in [0.05, 0.1) is 0 Å². The third kappa shape index (κ3) is 7.97. The second-order valence-electron chi connectivity index (χ2n) is 1.89. The van der Waals surface area contributed by atoms with Gasteiger partial charge >= 0.3 is 0 Å². The number of hydrogen-bond acceptors (Lipinski definition) is 2. The molecule has 0 aliphatic carbocycles. The van der Waals surface area contributed by atoms with Gasteiger partial charge in [-0.2, -0.15) is 0 Å². The molecule has 2 nitrogen and oxygen atoms in total. The van der Waals surface area contributed by atoms with E-state index in [-0.39, 0.29) is 18.6 Å². The van der Waals surface area contributed by atoms with Gasteiger partial charge in [0.25, 0.3) is 0 Å². The van der Waals surface area contributed by atoms with E-state index in [0.29, 0.717) is 6.42 Å². The number of unbranched alkanes of at least 4 members (excludes halogenated alkanes) is 1. The maximum atomic E-state index is 11.4. The van der Waals surface area contributed by atoms with Crippen molar-refractivity contribution in [3.8, 4) is 0 Å². The van der Waals surface area contributed by atoms with Crippen LogP contribution >= 0.6 is 0 Å². The van der Waals surface area contributed by atoms with Crippen LogP contribution in [0.25, 0.3) is 0 Å². The van der Waals surface area contributed by atoms with E-state index in [0.717, 1.165) is 0 Å². The van der Waals surface area contributed by atoms with Crippen molar-refractivity contribution < 1.29 is 17.5 Å². The zero-order valence-corrected chi connectivity index (χ0v) is 6.20. The number of alkyl halides is 2. The van der Waals surface area contributed by atoms with Crippen LogP contribution in [0, 0.1) is 0 Å². The van der Waals surface area contributed by atoms with Crippen LogP contribution in [-0.4, -0.2) is 20.9 Å². The minimum Gasteiger partial charge on any atom is -0.772 e. The van der Waals surface area contributed by atoms with E-state index < -0.39 is 17.5 Å². The lowest BCUT2D eigenvalue weighted by atomic mass is 10.3. The molecular weight excluding hydrogens is 162 g/mol. The molecule has 0 N–H and O–H groups in total. The highest BCUT2D eigenvalue weighted by molar-refractivity contribution is 7.79. The molecule has 1 unspecified atom stereocenters. The summed E-state index contributed by atoms with van der Waals surface area (Å²) >= 11 is -2.08. The predicted octanol–water partition coefficient (Wildman–Crippen LogP) is 1.30. The molecule has 0 aliphatic rings. The fourth-order valence-electron chi connectivity index (χ4n) is 0.519. The van der Waals surface area contributed by atoms with Crippen molar-refractivity contribution in [2.45, 2.75) is 25.7 Å². The number of hydrogen-bond donors (Lipinski definition) is 0. The third-order valence-corrected chi connectivity index (χ3v) is 1.61. The van der Waals surface area contributed by atoms with Crippen LogP contribution in [0.2, 0.25) is 0 Å². The van der Waals surface area contributed by atoms with Gasteiger partial charge in [-0.05, 0) is 12.8 Å². The Labute approximate surface area is 60.9 Å². The summed E-state index contributed by atoms with van der Waals surface area (Å²) in [7, 11) is 0. The molecule has 10 heavy (non-hydrogen) atoms. The maximum Gasteiger partial charge on any atom is 0.238 e. The van der Waals surface area contributed by atoms with Crippen molar-refractivity contribution in [2.75, 3.05) is 5.75 Å². The molecule has 0 spiro atoms. The first kappa shape index (κ1) is 9.97. The van der Waals surface area contributed by atoms with E-state index in [2.05, 4.69) is 0 Å². The normalized spacial score (nSPS) is 14.0. The van der Waals surface area contributed by atoms with Gasteiger partial charge in [-0.15, -0.1) is 0 Å². The summed E-state index contributed by atoms with van der Waals surface area (Å²) in [5.41, 5.74) is 0. The molecule has 0 fully saturated rings. The molecule has 0 aromatic carbocycles. The summed E-state index contributed by atoms with van der Waals surface area (Å²) in [4.78, 5) is 0. The van der Waals surface area contributed by atoms with Crippen LogP contribution in [0.15, 0.2) is 0 Å². The Morgan fingerprint density at radius 3 is 2.40 bits per heavy atom. The van der Waals surface area contributed by atoms with E-state index in [1.54, 1.807) is 0 Å². The maximum absolute atomic E-state index is 11.4. The molecule has 5 heteroatoms. The highest BCUT2D eigenvalue weighted by Crippen LogP contribution is 2.05. The molecule has 0 rings (SSSR count). The standard InChI is InChI=1S/C5H10F2O2S/c6-5(7)3-1-2-4-10(8)9/h5H,1-4H2,(H,8,9)/p-1. The Morgan fingerprint density at radius 2 is 2.00 bits per heavy atom. The number of rotatable bonds is 5. The van der Waals surface area contributed by atoms with Gasteiger partial charge in [0.1, 0.15) is 0 Å². The minimum atomic E-state index is -2.31. The highest BCUT2D eigenvalue weighted by atomic mass is 32.2. The zero-order chi connectivity index (χ0) is 7.98. The molecular formula is C5H9F2O2S-. The molecule has 0 aliphatic heterocycles. The summed E-state index contributed by atoms with van der Waals surface area (Å²) in [6.45, 7) is 0. The molecule has 1 atom stereocenters. The molecule has 0 saturated heterocycles. The van der Waals surface area contributed by atoms with Crippen molar-refractivity contribution in [1.82, 2.24) is 0 Å². The van der Waals surface area contributed by atoms with Gasteiger partial charge < -0.3 is 4.55 Å². The Bertz CT molecular complexity index is 108. The van der Waals surface area contributed by atoms with Gasteiger partial charge in [-0.1, -0.05) is 11.1 Å². The number of halogens is 2. The predicted molar refractivity (Wildman–Crippen MR) is 33.6 cm³/mol. The Hall–Kier alpha value is -0.0300. The SMILES string of the molecule is O=S([O-])CCCCC(F)F. The Kier molecular flexibility index (Phi) is 5.71. The van der Waals surface area contributed by atoms with Gasteiger partial charge in [-0.25, -0.2) is 8.78 Å². The quantitative estimate of drug-likeness (QED) is 0.462. The van der Waals surface area contributed by atoms with Crippen LogP contribution in [0.5, 0.6) is 0 Å². The van der Waals surface area contributed by atoms with E-state index in [1.165, 1.54) is 0 Å². The average Bonchev–Trinajstić information content (AvgIpc) is 1.79. The second kappa shape index (κ2) is 5.73. The van der Waals surface area contributed by atoms with Crippen molar-refractivity contribution in [3.63, 3.8) is 0 Å². The lowest BCUT2D eigenvalue weighted by Crippen LogP contribution is -1.97. The van der Waals surface area contributed by atoms with Crippen LogP contribution in [0.3, 0.4) is 0 Å². The van der Waals surface area contributed by atoms with E-state index in [1.807, 2.05) is 0 Å². The molecule has 0 amide bonds. The fourth-order valence-corrected chi connectivity index (χ4v) is 0.958. The fraction of sp³-hybridized carbons (Fsp3) is 1.00. The van der Waals surface area contributed by atoms with Crippen molar-refractivity contribution in [1.29, 1.82) is 0 Å². The van der Waals surface area contributed by atoms with Crippen LogP contribution in [-0.2, 0) is 11.1 Å². The summed E-state index contributed by atoms with van der Waals surface area (Å²) in [5, 5.41) is 0. The summed E-state index contributed by atoms with van der Waals surface area (Å²) in [6.07, 6.45) is -1.89. The average molecular weight is 171 g/mol. The first-order chi connectivity index (χ1) is 4.63. The lowest BCUT2D eigenvalue weighted by molar-refractivity contribution is 0.134.